The summed E-state index contributed by atoms with van der Waals surface area (Å²) in [5.74, 6) is -2.26. The largest absolute Gasteiger partial charge is 0.360 e. The zero-order valence-electron chi connectivity index (χ0n) is 14.9. The van der Waals surface area contributed by atoms with Crippen LogP contribution in [-0.4, -0.2) is 35.0 Å². The van der Waals surface area contributed by atoms with Gasteiger partial charge in [-0.05, 0) is 29.8 Å². The number of para-hydroxylation sites is 1. The van der Waals surface area contributed by atoms with Gasteiger partial charge >= 0.3 is 0 Å². The lowest BCUT2D eigenvalue weighted by molar-refractivity contribution is -0.132. The van der Waals surface area contributed by atoms with Crippen molar-refractivity contribution in [2.75, 3.05) is 11.4 Å². The topological polar surface area (TPSA) is 71.5 Å². The highest BCUT2D eigenvalue weighted by atomic mass is 19.1. The minimum Gasteiger partial charge on any atom is -0.360 e. The van der Waals surface area contributed by atoms with Crippen molar-refractivity contribution in [2.24, 2.45) is 11.8 Å². The number of benzene rings is 1. The number of hydrogen-bond donors (Lipinski definition) is 1. The van der Waals surface area contributed by atoms with Gasteiger partial charge in [0.25, 0.3) is 0 Å². The Morgan fingerprint density at radius 1 is 1.29 bits per heavy atom. The molecule has 0 aliphatic carbocycles. The zero-order valence-corrected chi connectivity index (χ0v) is 14.9. The van der Waals surface area contributed by atoms with Crippen LogP contribution in [0.4, 0.5) is 10.1 Å². The van der Waals surface area contributed by atoms with Crippen molar-refractivity contribution in [3.05, 3.63) is 72.3 Å². The molecule has 2 saturated heterocycles. The van der Waals surface area contributed by atoms with Gasteiger partial charge in [0, 0.05) is 18.9 Å². The molecule has 1 aromatic carbocycles. The molecule has 3 aliphatic rings. The fourth-order valence-electron chi connectivity index (χ4n) is 4.48. The fraction of sp³-hybridized carbons (Fsp3) is 0.286. The van der Waals surface area contributed by atoms with E-state index in [1.165, 1.54) is 11.0 Å². The van der Waals surface area contributed by atoms with Crippen molar-refractivity contribution in [3.63, 3.8) is 0 Å². The van der Waals surface area contributed by atoms with Crippen molar-refractivity contribution in [2.45, 2.75) is 18.2 Å². The summed E-state index contributed by atoms with van der Waals surface area (Å²) in [6.45, 7) is 0.553. The molecule has 7 heteroatoms. The summed E-state index contributed by atoms with van der Waals surface area (Å²) in [7, 11) is 0. The first kappa shape index (κ1) is 17.1. The summed E-state index contributed by atoms with van der Waals surface area (Å²) < 4.78 is 20.3. The molecular formula is C21H18FN3O3. The van der Waals surface area contributed by atoms with Crippen molar-refractivity contribution in [1.29, 1.82) is 0 Å². The predicted molar refractivity (Wildman–Crippen MR) is 98.6 cm³/mol. The number of aromatic nitrogens is 1. The molecule has 1 aromatic heterocycles. The zero-order chi connectivity index (χ0) is 19.3. The monoisotopic (exact) mass is 379 g/mol. The van der Waals surface area contributed by atoms with E-state index in [2.05, 4.69) is 10.3 Å². The van der Waals surface area contributed by atoms with Crippen molar-refractivity contribution in [3.8, 4) is 0 Å². The lowest BCUT2D eigenvalue weighted by Crippen LogP contribution is -2.44. The Morgan fingerprint density at radius 2 is 2.07 bits per heavy atom. The minimum absolute atomic E-state index is 0.207. The van der Waals surface area contributed by atoms with Crippen LogP contribution < -0.4 is 10.2 Å². The van der Waals surface area contributed by atoms with Crippen LogP contribution in [0.2, 0.25) is 0 Å². The lowest BCUT2D eigenvalue weighted by atomic mass is 9.77. The second kappa shape index (κ2) is 6.24. The molecule has 2 amide bonds. The van der Waals surface area contributed by atoms with Crippen LogP contribution in [0.3, 0.4) is 0 Å². The van der Waals surface area contributed by atoms with E-state index in [9.17, 15) is 14.0 Å². The molecule has 6 nitrogen and oxygen atoms in total. The number of pyridine rings is 1. The van der Waals surface area contributed by atoms with Gasteiger partial charge in [-0.25, -0.2) is 4.39 Å². The maximum Gasteiger partial charge on any atom is 0.234 e. The highest BCUT2D eigenvalue weighted by molar-refractivity contribution is 6.03. The predicted octanol–water partition coefficient (Wildman–Crippen LogP) is 1.82. The third-order valence-electron chi connectivity index (χ3n) is 5.76. The molecule has 5 rings (SSSR count). The first-order chi connectivity index (χ1) is 13.6. The summed E-state index contributed by atoms with van der Waals surface area (Å²) in [4.78, 5) is 31.4. The Morgan fingerprint density at radius 3 is 2.86 bits per heavy atom. The molecular weight excluding hydrogens is 361 g/mol. The molecule has 4 heterocycles. The molecule has 1 spiro atoms. The highest BCUT2D eigenvalue weighted by Crippen LogP contribution is 2.52. The first-order valence-electron chi connectivity index (χ1n) is 9.19. The molecule has 142 valence electrons. The minimum atomic E-state index is -0.872. The first-order valence-corrected chi connectivity index (χ1v) is 9.19. The second-order valence-corrected chi connectivity index (χ2v) is 7.35. The molecule has 28 heavy (non-hydrogen) atoms. The molecule has 2 fully saturated rings. The van der Waals surface area contributed by atoms with Crippen LogP contribution in [0.25, 0.3) is 0 Å². The Bertz CT molecular complexity index is 980. The maximum atomic E-state index is 14.3. The fourth-order valence-corrected chi connectivity index (χ4v) is 4.48. The molecule has 4 atom stereocenters. The van der Waals surface area contributed by atoms with Crippen LogP contribution >= 0.6 is 0 Å². The molecule has 0 unspecified atom stereocenters. The summed E-state index contributed by atoms with van der Waals surface area (Å²) in [5.41, 5.74) is 0.263. The number of carbonyl (C=O) groups is 2. The van der Waals surface area contributed by atoms with Gasteiger partial charge in [0.05, 0.1) is 30.2 Å². The van der Waals surface area contributed by atoms with Crippen LogP contribution in [0.1, 0.15) is 5.56 Å². The molecule has 0 saturated carbocycles. The number of anilines is 1. The maximum absolute atomic E-state index is 14.3. The van der Waals surface area contributed by atoms with E-state index in [0.29, 0.717) is 6.54 Å². The van der Waals surface area contributed by atoms with Gasteiger partial charge in [0.2, 0.25) is 11.8 Å². The third-order valence-corrected chi connectivity index (χ3v) is 5.76. The van der Waals surface area contributed by atoms with Crippen LogP contribution in [-0.2, 0) is 20.9 Å². The highest BCUT2D eigenvalue weighted by Gasteiger charge is 2.67. The van der Waals surface area contributed by atoms with Crippen LogP contribution in [0.15, 0.2) is 60.9 Å². The van der Waals surface area contributed by atoms with E-state index in [1.807, 2.05) is 24.3 Å². The third kappa shape index (κ3) is 2.46. The average molecular weight is 379 g/mol. The van der Waals surface area contributed by atoms with Gasteiger partial charge in [-0.3, -0.25) is 14.6 Å². The van der Waals surface area contributed by atoms with Crippen molar-refractivity contribution in [1.82, 2.24) is 10.3 Å². The summed E-state index contributed by atoms with van der Waals surface area (Å²) >= 11 is 0. The van der Waals surface area contributed by atoms with E-state index >= 15 is 0 Å². The van der Waals surface area contributed by atoms with Gasteiger partial charge in [-0.2, -0.15) is 0 Å². The van der Waals surface area contributed by atoms with E-state index < -0.39 is 29.4 Å². The van der Waals surface area contributed by atoms with Crippen molar-refractivity contribution < 1.29 is 18.7 Å². The number of nitrogens with one attached hydrogen (secondary N) is 1. The molecule has 0 radical (unpaired) electrons. The van der Waals surface area contributed by atoms with Crippen LogP contribution in [0.5, 0.6) is 0 Å². The van der Waals surface area contributed by atoms with Gasteiger partial charge in [-0.1, -0.05) is 24.3 Å². The molecule has 2 aromatic rings. The lowest BCUT2D eigenvalue weighted by Gasteiger charge is -2.23. The Balaban J connectivity index is 1.40. The van der Waals surface area contributed by atoms with Gasteiger partial charge in [0.15, 0.2) is 0 Å². The average Bonchev–Trinajstić information content (AvgIpc) is 3.36. The van der Waals surface area contributed by atoms with E-state index in [-0.39, 0.29) is 24.0 Å². The number of hydrogen-bond acceptors (Lipinski definition) is 4. The SMILES string of the molecule is O=C(NCc1ccncc1)[C@H]1[C@@H]2C=C[C@@]3(CN(c4ccccc4F)C(=O)[C@@H]13)O2. The van der Waals surface area contributed by atoms with Gasteiger partial charge in [-0.15, -0.1) is 0 Å². The van der Waals surface area contributed by atoms with E-state index in [0.717, 1.165) is 5.56 Å². The summed E-state index contributed by atoms with van der Waals surface area (Å²) in [5, 5.41) is 2.90. The Kier molecular flexibility index (Phi) is 3.80. The van der Waals surface area contributed by atoms with Crippen molar-refractivity contribution >= 4 is 17.5 Å². The number of fused-ring (bicyclic) bond motifs is 1. The molecule has 1 N–H and O–H groups in total. The molecule has 3 aliphatic heterocycles. The Labute approximate surface area is 161 Å². The molecule has 2 bridgehead atoms. The number of rotatable bonds is 4. The number of amides is 2. The number of carbonyl (C=O) groups excluding carboxylic acids is 2. The van der Waals surface area contributed by atoms with Gasteiger partial charge in [0.1, 0.15) is 11.4 Å². The van der Waals surface area contributed by atoms with E-state index in [4.69, 9.17) is 4.74 Å². The number of ether oxygens (including phenoxy) is 1. The smallest absolute Gasteiger partial charge is 0.234 e. The normalized spacial score (nSPS) is 30.0. The number of halogens is 1. The Hall–Kier alpha value is -3.06. The van der Waals surface area contributed by atoms with Crippen LogP contribution in [0, 0.1) is 17.7 Å². The summed E-state index contributed by atoms with van der Waals surface area (Å²) in [6.07, 6.45) is 6.58. The summed E-state index contributed by atoms with van der Waals surface area (Å²) in [6, 6.07) is 9.79. The quantitative estimate of drug-likeness (QED) is 0.823. The number of nitrogens with zero attached hydrogens (tertiary/aromatic N) is 2. The standard InChI is InChI=1S/C21H18FN3O3/c22-14-3-1-2-4-15(14)25-12-21-8-5-16(28-21)17(18(21)20(25)27)19(26)24-11-13-6-9-23-10-7-13/h1-10,16-18H,11-12H2,(H,24,26)/t16-,17-,18+,21-/m0/s1. The van der Waals surface area contributed by atoms with Gasteiger partial charge < -0.3 is 15.0 Å². The second-order valence-electron chi connectivity index (χ2n) is 7.35. The van der Waals surface area contributed by atoms with E-state index in [1.54, 1.807) is 30.6 Å².